The number of benzene rings is 1. The summed E-state index contributed by atoms with van der Waals surface area (Å²) >= 11 is 0. The first-order chi connectivity index (χ1) is 10.2. The molecule has 0 amide bonds. The predicted molar refractivity (Wildman–Crippen MR) is 87.9 cm³/mol. The number of hydrogen-bond acceptors (Lipinski definition) is 3. The van der Waals surface area contributed by atoms with Crippen LogP contribution in [-0.2, 0) is 19.3 Å². The molecule has 112 valence electrons. The van der Waals surface area contributed by atoms with Gasteiger partial charge in [-0.05, 0) is 48.9 Å². The second kappa shape index (κ2) is 7.91. The zero-order chi connectivity index (χ0) is 15.1. The highest BCUT2D eigenvalue weighted by molar-refractivity contribution is 5.25. The summed E-state index contributed by atoms with van der Waals surface area (Å²) in [7, 11) is 0. The molecule has 0 fully saturated rings. The Morgan fingerprint density at radius 2 is 2.00 bits per heavy atom. The predicted octanol–water partition coefficient (Wildman–Crippen LogP) is 2.96. The Labute approximate surface area is 127 Å². The van der Waals surface area contributed by atoms with Crippen LogP contribution in [0.1, 0.15) is 35.7 Å². The number of hydrogen-bond donors (Lipinski definition) is 2. The van der Waals surface area contributed by atoms with Gasteiger partial charge >= 0.3 is 0 Å². The topological polar surface area (TPSA) is 50.9 Å². The van der Waals surface area contributed by atoms with Crippen LogP contribution in [0.25, 0.3) is 0 Å². The van der Waals surface area contributed by atoms with Crippen molar-refractivity contribution in [2.24, 2.45) is 5.84 Å². The van der Waals surface area contributed by atoms with E-state index in [9.17, 15) is 0 Å². The summed E-state index contributed by atoms with van der Waals surface area (Å²) in [6, 6.07) is 13.0. The van der Waals surface area contributed by atoms with Crippen molar-refractivity contribution in [2.75, 3.05) is 0 Å². The normalized spacial score (nSPS) is 12.3. The van der Waals surface area contributed by atoms with E-state index >= 15 is 0 Å². The summed E-state index contributed by atoms with van der Waals surface area (Å²) in [6.07, 6.45) is 5.91. The molecular formula is C18H25N3. The van der Waals surface area contributed by atoms with Crippen molar-refractivity contribution < 1.29 is 0 Å². The molecule has 1 atom stereocenters. The van der Waals surface area contributed by atoms with Gasteiger partial charge in [-0.3, -0.25) is 16.3 Å². The number of hydrazine groups is 1. The van der Waals surface area contributed by atoms with E-state index in [1.165, 1.54) is 16.7 Å². The van der Waals surface area contributed by atoms with E-state index in [4.69, 9.17) is 5.84 Å². The van der Waals surface area contributed by atoms with Gasteiger partial charge in [0, 0.05) is 24.4 Å². The molecule has 0 saturated heterocycles. The maximum atomic E-state index is 5.70. The minimum atomic E-state index is 0.254. The zero-order valence-corrected chi connectivity index (χ0v) is 13.0. The van der Waals surface area contributed by atoms with E-state index in [0.29, 0.717) is 0 Å². The molecule has 3 N–H and O–H groups in total. The molecule has 0 aliphatic carbocycles. The van der Waals surface area contributed by atoms with Crippen molar-refractivity contribution in [3.8, 4) is 0 Å². The molecule has 3 heteroatoms. The van der Waals surface area contributed by atoms with Crippen molar-refractivity contribution in [3.63, 3.8) is 0 Å². The van der Waals surface area contributed by atoms with Gasteiger partial charge in [0.1, 0.15) is 0 Å². The summed E-state index contributed by atoms with van der Waals surface area (Å²) in [5.41, 5.74) is 8.04. The van der Waals surface area contributed by atoms with Gasteiger partial charge in [-0.1, -0.05) is 37.3 Å². The maximum Gasteiger partial charge on any atom is 0.0419 e. The second-order valence-electron chi connectivity index (χ2n) is 5.54. The lowest BCUT2D eigenvalue weighted by Gasteiger charge is -2.16. The monoisotopic (exact) mass is 283 g/mol. The largest absolute Gasteiger partial charge is 0.271 e. The van der Waals surface area contributed by atoms with E-state index in [2.05, 4.69) is 60.7 Å². The van der Waals surface area contributed by atoms with E-state index in [-0.39, 0.29) is 6.04 Å². The van der Waals surface area contributed by atoms with E-state index < -0.39 is 0 Å². The van der Waals surface area contributed by atoms with Gasteiger partial charge in [0.2, 0.25) is 0 Å². The standard InChI is InChI=1S/C18H25N3/c1-3-15-8-10-17(20-13-15)12-18(21-19)11-9-16-7-5-4-6-14(16)2/h4-8,10,13,18,21H,3,9,11-12,19H2,1-2H3. The van der Waals surface area contributed by atoms with Crippen molar-refractivity contribution in [1.82, 2.24) is 10.4 Å². The quantitative estimate of drug-likeness (QED) is 0.607. The Balaban J connectivity index is 1.92. The second-order valence-corrected chi connectivity index (χ2v) is 5.54. The molecule has 0 bridgehead atoms. The van der Waals surface area contributed by atoms with Crippen LogP contribution in [0, 0.1) is 6.92 Å². The van der Waals surface area contributed by atoms with Crippen LogP contribution >= 0.6 is 0 Å². The Morgan fingerprint density at radius 1 is 1.19 bits per heavy atom. The SMILES string of the molecule is CCc1ccc(CC(CCc2ccccc2C)NN)nc1. The van der Waals surface area contributed by atoms with Crippen molar-refractivity contribution in [2.45, 2.75) is 45.6 Å². The molecule has 0 spiro atoms. The van der Waals surface area contributed by atoms with Crippen LogP contribution in [-0.4, -0.2) is 11.0 Å². The Hall–Kier alpha value is -1.71. The summed E-state index contributed by atoms with van der Waals surface area (Å²) in [5.74, 6) is 5.70. The number of aryl methyl sites for hydroxylation is 3. The van der Waals surface area contributed by atoms with Gasteiger partial charge in [-0.15, -0.1) is 0 Å². The lowest BCUT2D eigenvalue weighted by molar-refractivity contribution is 0.486. The molecular weight excluding hydrogens is 258 g/mol. The Bertz CT molecular complexity index is 549. The smallest absolute Gasteiger partial charge is 0.0419 e. The number of aromatic nitrogens is 1. The fourth-order valence-corrected chi connectivity index (χ4v) is 2.50. The first-order valence-corrected chi connectivity index (χ1v) is 7.67. The van der Waals surface area contributed by atoms with Gasteiger partial charge in [0.15, 0.2) is 0 Å². The Morgan fingerprint density at radius 3 is 2.62 bits per heavy atom. The van der Waals surface area contributed by atoms with Gasteiger partial charge in [-0.2, -0.15) is 0 Å². The van der Waals surface area contributed by atoms with E-state index in [1.807, 2.05) is 6.20 Å². The summed E-state index contributed by atoms with van der Waals surface area (Å²) in [5, 5.41) is 0. The van der Waals surface area contributed by atoms with Crippen molar-refractivity contribution in [1.29, 1.82) is 0 Å². The van der Waals surface area contributed by atoms with Crippen LogP contribution in [0.3, 0.4) is 0 Å². The third-order valence-corrected chi connectivity index (χ3v) is 4.01. The molecule has 2 aromatic rings. The summed E-state index contributed by atoms with van der Waals surface area (Å²) in [6.45, 7) is 4.30. The highest BCUT2D eigenvalue weighted by Gasteiger charge is 2.09. The molecule has 0 radical (unpaired) electrons. The van der Waals surface area contributed by atoms with Crippen LogP contribution < -0.4 is 11.3 Å². The molecule has 1 unspecified atom stereocenters. The molecule has 21 heavy (non-hydrogen) atoms. The Kier molecular flexibility index (Phi) is 5.90. The number of pyridine rings is 1. The first kappa shape index (κ1) is 15.7. The van der Waals surface area contributed by atoms with E-state index in [0.717, 1.165) is 31.4 Å². The van der Waals surface area contributed by atoms with Gasteiger partial charge in [0.25, 0.3) is 0 Å². The van der Waals surface area contributed by atoms with E-state index in [1.54, 1.807) is 0 Å². The summed E-state index contributed by atoms with van der Waals surface area (Å²) < 4.78 is 0. The third-order valence-electron chi connectivity index (χ3n) is 4.01. The van der Waals surface area contributed by atoms with Crippen molar-refractivity contribution >= 4 is 0 Å². The highest BCUT2D eigenvalue weighted by atomic mass is 15.2. The first-order valence-electron chi connectivity index (χ1n) is 7.67. The number of nitrogens with one attached hydrogen (secondary N) is 1. The fourth-order valence-electron chi connectivity index (χ4n) is 2.50. The highest BCUT2D eigenvalue weighted by Crippen LogP contribution is 2.12. The molecule has 2 rings (SSSR count). The third kappa shape index (κ3) is 4.66. The molecule has 0 aliphatic heterocycles. The minimum absolute atomic E-state index is 0.254. The summed E-state index contributed by atoms with van der Waals surface area (Å²) in [4.78, 5) is 4.51. The van der Waals surface area contributed by atoms with Gasteiger partial charge < -0.3 is 0 Å². The molecule has 1 aromatic carbocycles. The maximum absolute atomic E-state index is 5.70. The minimum Gasteiger partial charge on any atom is -0.271 e. The number of nitrogens with two attached hydrogens (primary N) is 1. The molecule has 1 heterocycles. The number of rotatable bonds is 7. The number of nitrogens with zero attached hydrogens (tertiary/aromatic N) is 1. The van der Waals surface area contributed by atoms with Crippen molar-refractivity contribution in [3.05, 3.63) is 65.0 Å². The molecule has 0 saturated carbocycles. The fraction of sp³-hybridized carbons (Fsp3) is 0.389. The average Bonchev–Trinajstić information content (AvgIpc) is 2.53. The molecule has 0 aliphatic rings. The lowest BCUT2D eigenvalue weighted by atomic mass is 9.99. The van der Waals surface area contributed by atoms with Crippen LogP contribution in [0.15, 0.2) is 42.6 Å². The van der Waals surface area contributed by atoms with Crippen LogP contribution in [0.5, 0.6) is 0 Å². The van der Waals surface area contributed by atoms with Gasteiger partial charge in [0.05, 0.1) is 0 Å². The van der Waals surface area contributed by atoms with Crippen LogP contribution in [0.4, 0.5) is 0 Å². The average molecular weight is 283 g/mol. The van der Waals surface area contributed by atoms with Crippen LogP contribution in [0.2, 0.25) is 0 Å². The lowest BCUT2D eigenvalue weighted by Crippen LogP contribution is -2.37. The van der Waals surface area contributed by atoms with Gasteiger partial charge in [-0.25, -0.2) is 0 Å². The zero-order valence-electron chi connectivity index (χ0n) is 13.0. The molecule has 3 nitrogen and oxygen atoms in total. The molecule has 1 aromatic heterocycles.